The van der Waals surface area contributed by atoms with Crippen LogP contribution in [-0.4, -0.2) is 24.5 Å². The van der Waals surface area contributed by atoms with Crippen LogP contribution in [0.2, 0.25) is 0 Å². The van der Waals surface area contributed by atoms with Crippen molar-refractivity contribution < 1.29 is 23.5 Å². The first-order valence-electron chi connectivity index (χ1n) is 7.06. The van der Waals surface area contributed by atoms with Gasteiger partial charge in [-0.3, -0.25) is 14.9 Å². The second-order valence-corrected chi connectivity index (χ2v) is 4.94. The summed E-state index contributed by atoms with van der Waals surface area (Å²) in [5.74, 6) is -0.360. The smallest absolute Gasteiger partial charge is 0.321 e. The highest BCUT2D eigenvalue weighted by atomic mass is 16.5. The molecule has 7 nitrogen and oxygen atoms in total. The Labute approximate surface area is 127 Å². The van der Waals surface area contributed by atoms with Crippen molar-refractivity contribution in [2.75, 3.05) is 6.61 Å². The molecule has 0 radical (unpaired) electrons. The number of nitrogens with one attached hydrogen (secondary N) is 2. The van der Waals surface area contributed by atoms with Crippen LogP contribution in [0.5, 0.6) is 0 Å². The molecule has 3 amide bonds. The van der Waals surface area contributed by atoms with E-state index < -0.39 is 24.5 Å². The van der Waals surface area contributed by atoms with Gasteiger partial charge in [0.2, 0.25) is 0 Å². The number of ether oxygens (including phenoxy) is 1. The number of furan rings is 1. The van der Waals surface area contributed by atoms with Crippen molar-refractivity contribution in [3.8, 4) is 0 Å². The average Bonchev–Trinajstić information content (AvgIpc) is 3.16. The van der Waals surface area contributed by atoms with Crippen LogP contribution in [0, 0.1) is 5.92 Å². The van der Waals surface area contributed by atoms with Crippen molar-refractivity contribution >= 4 is 17.9 Å². The number of hydrogen-bond donors (Lipinski definition) is 2. The number of esters is 1. The first-order valence-corrected chi connectivity index (χ1v) is 7.06. The molecule has 0 spiro atoms. The Hall–Kier alpha value is -2.57. The highest BCUT2D eigenvalue weighted by Gasteiger charge is 2.16. The Bertz CT molecular complexity index is 550. The summed E-state index contributed by atoms with van der Waals surface area (Å²) in [5, 5.41) is 4.52. The van der Waals surface area contributed by atoms with E-state index in [9.17, 15) is 14.4 Å². The van der Waals surface area contributed by atoms with Crippen LogP contribution in [0.4, 0.5) is 4.79 Å². The Kier molecular flexibility index (Phi) is 5.76. The fraction of sp³-hybridized carbons (Fsp3) is 0.400. The van der Waals surface area contributed by atoms with Crippen LogP contribution < -0.4 is 10.6 Å². The molecule has 118 valence electrons. The third kappa shape index (κ3) is 5.43. The second kappa shape index (κ2) is 8.02. The summed E-state index contributed by atoms with van der Waals surface area (Å²) in [4.78, 5) is 34.4. The van der Waals surface area contributed by atoms with E-state index in [4.69, 9.17) is 9.15 Å². The molecule has 0 saturated carbocycles. The first-order chi connectivity index (χ1) is 10.6. The van der Waals surface area contributed by atoms with Gasteiger partial charge < -0.3 is 14.5 Å². The zero-order valence-corrected chi connectivity index (χ0v) is 12.0. The van der Waals surface area contributed by atoms with Gasteiger partial charge in [0.25, 0.3) is 5.91 Å². The molecule has 1 aromatic heterocycles. The van der Waals surface area contributed by atoms with Crippen molar-refractivity contribution in [3.63, 3.8) is 0 Å². The van der Waals surface area contributed by atoms with E-state index in [-0.39, 0.29) is 18.9 Å². The minimum absolute atomic E-state index is 0.167. The Morgan fingerprint density at radius 3 is 2.91 bits per heavy atom. The van der Waals surface area contributed by atoms with Gasteiger partial charge in [-0.05, 0) is 30.9 Å². The second-order valence-electron chi connectivity index (χ2n) is 4.94. The van der Waals surface area contributed by atoms with Gasteiger partial charge in [0.1, 0.15) is 5.76 Å². The van der Waals surface area contributed by atoms with Gasteiger partial charge in [0.05, 0.1) is 19.2 Å². The highest BCUT2D eigenvalue weighted by Crippen LogP contribution is 2.20. The number of carbonyl (C=O) groups is 3. The maximum absolute atomic E-state index is 11.5. The molecule has 7 heteroatoms. The van der Waals surface area contributed by atoms with Gasteiger partial charge in [0, 0.05) is 0 Å². The van der Waals surface area contributed by atoms with E-state index in [1.807, 2.05) is 12.2 Å². The lowest BCUT2D eigenvalue weighted by Crippen LogP contribution is -2.41. The van der Waals surface area contributed by atoms with E-state index in [1.165, 1.54) is 6.26 Å². The van der Waals surface area contributed by atoms with E-state index >= 15 is 0 Å². The Morgan fingerprint density at radius 2 is 2.23 bits per heavy atom. The normalized spacial score (nSPS) is 16.3. The summed E-state index contributed by atoms with van der Waals surface area (Å²) < 4.78 is 9.86. The van der Waals surface area contributed by atoms with Gasteiger partial charge >= 0.3 is 12.0 Å². The number of amides is 3. The van der Waals surface area contributed by atoms with Crippen LogP contribution in [0.3, 0.4) is 0 Å². The third-order valence-corrected chi connectivity index (χ3v) is 3.16. The summed E-state index contributed by atoms with van der Waals surface area (Å²) in [6.45, 7) is -0.302. The summed E-state index contributed by atoms with van der Waals surface area (Å²) in [5.41, 5.74) is 0. The first kappa shape index (κ1) is 15.8. The van der Waals surface area contributed by atoms with Crippen molar-refractivity contribution in [1.82, 2.24) is 10.6 Å². The molecule has 1 aromatic rings. The van der Waals surface area contributed by atoms with E-state index in [2.05, 4.69) is 10.6 Å². The minimum atomic E-state index is -0.674. The SMILES string of the molecule is O=C(COC(=O)C[C@@H]1C=CCC1)NC(=O)NCc1ccco1. The van der Waals surface area contributed by atoms with Gasteiger partial charge in [-0.15, -0.1) is 0 Å². The third-order valence-electron chi connectivity index (χ3n) is 3.16. The lowest BCUT2D eigenvalue weighted by molar-refractivity contribution is -0.148. The predicted octanol–water partition coefficient (Wildman–Crippen LogP) is 1.50. The minimum Gasteiger partial charge on any atom is -0.467 e. The van der Waals surface area contributed by atoms with Gasteiger partial charge in [-0.25, -0.2) is 4.79 Å². The standard InChI is InChI=1S/C15H18N2O5/c18-13(10-22-14(19)8-11-4-1-2-5-11)17-15(20)16-9-12-6-3-7-21-12/h1,3-4,6-7,11H,2,5,8-10H2,(H2,16,17,18,20)/t11-/m1/s1. The largest absolute Gasteiger partial charge is 0.467 e. The molecule has 0 unspecified atom stereocenters. The van der Waals surface area contributed by atoms with Crippen LogP contribution in [0.15, 0.2) is 35.0 Å². The number of urea groups is 1. The lowest BCUT2D eigenvalue weighted by Gasteiger charge is -2.08. The summed E-state index contributed by atoms with van der Waals surface area (Å²) in [6, 6.07) is 2.72. The Balaban J connectivity index is 1.59. The number of hydrogen-bond acceptors (Lipinski definition) is 5. The van der Waals surface area contributed by atoms with Gasteiger partial charge in [-0.2, -0.15) is 0 Å². The molecule has 22 heavy (non-hydrogen) atoms. The number of carbonyl (C=O) groups excluding carboxylic acids is 3. The van der Waals surface area contributed by atoms with Crippen molar-refractivity contribution in [2.45, 2.75) is 25.8 Å². The van der Waals surface area contributed by atoms with Gasteiger partial charge in [0.15, 0.2) is 6.61 Å². The topological polar surface area (TPSA) is 97.6 Å². The molecule has 0 aliphatic heterocycles. The zero-order valence-electron chi connectivity index (χ0n) is 12.0. The van der Waals surface area contributed by atoms with Crippen molar-refractivity contribution in [2.24, 2.45) is 5.92 Å². The van der Waals surface area contributed by atoms with Crippen LogP contribution in [0.25, 0.3) is 0 Å². The predicted molar refractivity (Wildman–Crippen MR) is 76.5 cm³/mol. The lowest BCUT2D eigenvalue weighted by atomic mass is 10.1. The molecule has 0 fully saturated rings. The van der Waals surface area contributed by atoms with Crippen LogP contribution in [-0.2, 0) is 20.9 Å². The molecular weight excluding hydrogens is 288 g/mol. The molecule has 0 saturated heterocycles. The molecule has 1 atom stereocenters. The highest BCUT2D eigenvalue weighted by molar-refractivity contribution is 5.95. The Morgan fingerprint density at radius 1 is 1.36 bits per heavy atom. The van der Waals surface area contributed by atoms with E-state index in [1.54, 1.807) is 12.1 Å². The van der Waals surface area contributed by atoms with Gasteiger partial charge in [-0.1, -0.05) is 12.2 Å². The molecule has 1 aliphatic carbocycles. The number of allylic oxidation sites excluding steroid dienone is 2. The summed E-state index contributed by atoms with van der Waals surface area (Å²) >= 11 is 0. The van der Waals surface area contributed by atoms with Crippen molar-refractivity contribution in [1.29, 1.82) is 0 Å². The van der Waals surface area contributed by atoms with Crippen molar-refractivity contribution in [3.05, 3.63) is 36.3 Å². The fourth-order valence-corrected chi connectivity index (χ4v) is 2.07. The van der Waals surface area contributed by atoms with E-state index in [0.717, 1.165) is 12.8 Å². The van der Waals surface area contributed by atoms with E-state index in [0.29, 0.717) is 5.76 Å². The molecule has 1 heterocycles. The zero-order chi connectivity index (χ0) is 15.8. The number of imide groups is 1. The maximum atomic E-state index is 11.5. The van der Waals surface area contributed by atoms with Crippen LogP contribution in [0.1, 0.15) is 25.0 Å². The molecule has 1 aliphatic rings. The summed E-state index contributed by atoms with van der Waals surface area (Å²) in [6.07, 6.45) is 7.63. The fourth-order valence-electron chi connectivity index (χ4n) is 2.07. The monoisotopic (exact) mass is 306 g/mol. The molecule has 0 aromatic carbocycles. The molecular formula is C15H18N2O5. The van der Waals surface area contributed by atoms with Crippen LogP contribution >= 0.6 is 0 Å². The average molecular weight is 306 g/mol. The number of rotatable bonds is 6. The molecule has 2 rings (SSSR count). The summed E-state index contributed by atoms with van der Waals surface area (Å²) in [7, 11) is 0. The molecule has 2 N–H and O–H groups in total. The molecule has 0 bridgehead atoms. The maximum Gasteiger partial charge on any atom is 0.321 e. The quantitative estimate of drug-likeness (QED) is 0.613.